The van der Waals surface area contributed by atoms with Gasteiger partial charge in [-0.05, 0) is 38.3 Å². The molecule has 1 atom stereocenters. The van der Waals surface area contributed by atoms with E-state index < -0.39 is 0 Å². The third-order valence-electron chi connectivity index (χ3n) is 2.76. The predicted octanol–water partition coefficient (Wildman–Crippen LogP) is 1.46. The van der Waals surface area contributed by atoms with Gasteiger partial charge in [0.2, 0.25) is 0 Å². The smallest absolute Gasteiger partial charge is 0.0139 e. The fraction of sp³-hybridized carbons (Fsp3) is 1.00. The van der Waals surface area contributed by atoms with Crippen LogP contribution in [-0.2, 0) is 0 Å². The highest BCUT2D eigenvalue weighted by atomic mass is 15.1. The van der Waals surface area contributed by atoms with E-state index in [2.05, 4.69) is 25.7 Å². The van der Waals surface area contributed by atoms with Crippen LogP contribution in [0.4, 0.5) is 0 Å². The summed E-state index contributed by atoms with van der Waals surface area (Å²) in [6.07, 6.45) is 2.64. The average Bonchev–Trinajstić information content (AvgIpc) is 1.93. The van der Waals surface area contributed by atoms with Gasteiger partial charge < -0.3 is 10.6 Å². The maximum atomic E-state index is 5.75. The van der Waals surface area contributed by atoms with E-state index in [1.165, 1.54) is 25.9 Å². The molecule has 2 heteroatoms. The lowest BCUT2D eigenvalue weighted by Crippen LogP contribution is -2.42. The molecule has 0 amide bonds. The molecule has 1 saturated heterocycles. The lowest BCUT2D eigenvalue weighted by Gasteiger charge is -2.37. The lowest BCUT2D eigenvalue weighted by atomic mass is 9.82. The van der Waals surface area contributed by atoms with Crippen molar-refractivity contribution in [1.82, 2.24) is 4.90 Å². The van der Waals surface area contributed by atoms with Crippen LogP contribution in [0.1, 0.15) is 33.6 Å². The summed E-state index contributed by atoms with van der Waals surface area (Å²) in [6, 6.07) is 0.325. The summed E-state index contributed by atoms with van der Waals surface area (Å²) < 4.78 is 0. The number of hydrogen-bond donors (Lipinski definition) is 1. The van der Waals surface area contributed by atoms with E-state index in [1.807, 2.05) is 0 Å². The molecule has 2 N–H and O–H groups in total. The first-order valence-corrected chi connectivity index (χ1v) is 4.97. The molecule has 0 aromatic heterocycles. The van der Waals surface area contributed by atoms with Crippen LogP contribution in [0, 0.1) is 5.41 Å². The number of nitrogens with zero attached hydrogens (tertiary/aromatic N) is 1. The van der Waals surface area contributed by atoms with E-state index in [4.69, 9.17) is 5.73 Å². The maximum Gasteiger partial charge on any atom is 0.0139 e. The molecule has 1 fully saturated rings. The van der Waals surface area contributed by atoms with Gasteiger partial charge in [0.05, 0.1) is 0 Å². The Morgan fingerprint density at radius 1 is 1.33 bits per heavy atom. The average molecular weight is 170 g/mol. The Morgan fingerprint density at radius 2 is 1.83 bits per heavy atom. The van der Waals surface area contributed by atoms with E-state index in [0.29, 0.717) is 11.5 Å². The SMILES string of the molecule is CC(N)CN1CCC(C)(C)CC1. The Hall–Kier alpha value is -0.0800. The Morgan fingerprint density at radius 3 is 2.25 bits per heavy atom. The molecule has 0 spiro atoms. The van der Waals surface area contributed by atoms with Crippen LogP contribution >= 0.6 is 0 Å². The van der Waals surface area contributed by atoms with Gasteiger partial charge in [-0.3, -0.25) is 0 Å². The molecule has 12 heavy (non-hydrogen) atoms. The van der Waals surface area contributed by atoms with Gasteiger partial charge in [0.15, 0.2) is 0 Å². The molecule has 0 aliphatic carbocycles. The van der Waals surface area contributed by atoms with Crippen LogP contribution in [-0.4, -0.2) is 30.6 Å². The molecule has 2 nitrogen and oxygen atoms in total. The first-order chi connectivity index (χ1) is 5.49. The zero-order valence-corrected chi connectivity index (χ0v) is 8.64. The van der Waals surface area contributed by atoms with E-state index in [-0.39, 0.29) is 0 Å². The highest BCUT2D eigenvalue weighted by Crippen LogP contribution is 2.29. The van der Waals surface area contributed by atoms with Crippen molar-refractivity contribution in [3.63, 3.8) is 0 Å². The minimum absolute atomic E-state index is 0.325. The predicted molar refractivity (Wildman–Crippen MR) is 53.1 cm³/mol. The first kappa shape index (κ1) is 10.0. The second kappa shape index (κ2) is 3.75. The summed E-state index contributed by atoms with van der Waals surface area (Å²) in [4.78, 5) is 2.48. The van der Waals surface area contributed by atoms with Gasteiger partial charge in [-0.1, -0.05) is 13.8 Å². The highest BCUT2D eigenvalue weighted by Gasteiger charge is 2.25. The molecule has 0 aromatic rings. The second-order valence-electron chi connectivity index (χ2n) is 4.94. The first-order valence-electron chi connectivity index (χ1n) is 4.97. The Kier molecular flexibility index (Phi) is 3.13. The number of hydrogen-bond acceptors (Lipinski definition) is 2. The fourth-order valence-electron chi connectivity index (χ4n) is 1.75. The van der Waals surface area contributed by atoms with E-state index in [1.54, 1.807) is 0 Å². The van der Waals surface area contributed by atoms with Gasteiger partial charge in [0.1, 0.15) is 0 Å². The number of nitrogens with two attached hydrogens (primary N) is 1. The van der Waals surface area contributed by atoms with Gasteiger partial charge in [-0.15, -0.1) is 0 Å². The van der Waals surface area contributed by atoms with Crippen molar-refractivity contribution < 1.29 is 0 Å². The van der Waals surface area contributed by atoms with Gasteiger partial charge >= 0.3 is 0 Å². The van der Waals surface area contributed by atoms with Crippen molar-refractivity contribution in [2.75, 3.05) is 19.6 Å². The minimum atomic E-state index is 0.325. The maximum absolute atomic E-state index is 5.75. The normalized spacial score (nSPS) is 27.0. The number of piperidine rings is 1. The van der Waals surface area contributed by atoms with Crippen LogP contribution in [0.5, 0.6) is 0 Å². The molecule has 1 heterocycles. The van der Waals surface area contributed by atoms with E-state index in [9.17, 15) is 0 Å². The van der Waals surface area contributed by atoms with Crippen LogP contribution in [0.2, 0.25) is 0 Å². The van der Waals surface area contributed by atoms with Crippen LogP contribution in [0.15, 0.2) is 0 Å². The summed E-state index contributed by atoms with van der Waals surface area (Å²) >= 11 is 0. The van der Waals surface area contributed by atoms with Crippen molar-refractivity contribution in [1.29, 1.82) is 0 Å². The zero-order valence-electron chi connectivity index (χ0n) is 8.64. The van der Waals surface area contributed by atoms with Crippen molar-refractivity contribution in [2.24, 2.45) is 11.1 Å². The largest absolute Gasteiger partial charge is 0.327 e. The summed E-state index contributed by atoms with van der Waals surface area (Å²) in [7, 11) is 0. The molecule has 1 aliphatic heterocycles. The van der Waals surface area contributed by atoms with Crippen molar-refractivity contribution in [2.45, 2.75) is 39.7 Å². The highest BCUT2D eigenvalue weighted by molar-refractivity contribution is 4.79. The monoisotopic (exact) mass is 170 g/mol. The zero-order chi connectivity index (χ0) is 9.19. The van der Waals surface area contributed by atoms with E-state index in [0.717, 1.165) is 6.54 Å². The number of rotatable bonds is 2. The molecule has 1 aliphatic rings. The molecule has 1 unspecified atom stereocenters. The van der Waals surface area contributed by atoms with Gasteiger partial charge in [0.25, 0.3) is 0 Å². The minimum Gasteiger partial charge on any atom is -0.327 e. The number of likely N-dealkylation sites (tertiary alicyclic amines) is 1. The topological polar surface area (TPSA) is 29.3 Å². The molecule has 0 radical (unpaired) electrons. The standard InChI is InChI=1S/C10H22N2/c1-9(11)8-12-6-4-10(2,3)5-7-12/h9H,4-8,11H2,1-3H3. The summed E-state index contributed by atoms with van der Waals surface area (Å²) in [5.74, 6) is 0. The molecule has 0 saturated carbocycles. The summed E-state index contributed by atoms with van der Waals surface area (Å²) in [6.45, 7) is 10.3. The van der Waals surface area contributed by atoms with E-state index >= 15 is 0 Å². The summed E-state index contributed by atoms with van der Waals surface area (Å²) in [5.41, 5.74) is 6.31. The fourth-order valence-corrected chi connectivity index (χ4v) is 1.75. The van der Waals surface area contributed by atoms with Gasteiger partial charge in [0, 0.05) is 12.6 Å². The molecular weight excluding hydrogens is 148 g/mol. The molecule has 1 rings (SSSR count). The summed E-state index contributed by atoms with van der Waals surface area (Å²) in [5, 5.41) is 0. The quantitative estimate of drug-likeness (QED) is 0.680. The van der Waals surface area contributed by atoms with Gasteiger partial charge in [-0.2, -0.15) is 0 Å². The molecular formula is C10H22N2. The van der Waals surface area contributed by atoms with Crippen LogP contribution in [0.3, 0.4) is 0 Å². The Labute approximate surface area is 76.1 Å². The Bertz CT molecular complexity index is 131. The van der Waals surface area contributed by atoms with Crippen molar-refractivity contribution in [3.05, 3.63) is 0 Å². The second-order valence-corrected chi connectivity index (χ2v) is 4.94. The molecule has 72 valence electrons. The van der Waals surface area contributed by atoms with Crippen LogP contribution < -0.4 is 5.73 Å². The van der Waals surface area contributed by atoms with Gasteiger partial charge in [-0.25, -0.2) is 0 Å². The third kappa shape index (κ3) is 3.11. The third-order valence-corrected chi connectivity index (χ3v) is 2.76. The van der Waals surface area contributed by atoms with Crippen LogP contribution in [0.25, 0.3) is 0 Å². The molecule has 0 bridgehead atoms. The lowest BCUT2D eigenvalue weighted by molar-refractivity contribution is 0.128. The Balaban J connectivity index is 2.27. The van der Waals surface area contributed by atoms with Crippen molar-refractivity contribution >= 4 is 0 Å². The van der Waals surface area contributed by atoms with Crippen molar-refractivity contribution in [3.8, 4) is 0 Å². The molecule has 0 aromatic carbocycles.